The molecule has 3 aromatic rings. The third-order valence-corrected chi connectivity index (χ3v) is 4.30. The van der Waals surface area contributed by atoms with E-state index in [4.69, 9.17) is 27.9 Å². The van der Waals surface area contributed by atoms with Gasteiger partial charge in [-0.3, -0.25) is 4.98 Å². The maximum absolute atomic E-state index is 12.8. The minimum absolute atomic E-state index is 0.0564. The Morgan fingerprint density at radius 2 is 1.90 bits per heavy atom. The van der Waals surface area contributed by atoms with Crippen molar-refractivity contribution < 1.29 is 22.7 Å². The normalized spacial score (nSPS) is 11.4. The van der Waals surface area contributed by atoms with Gasteiger partial charge in [0.2, 0.25) is 5.88 Å². The van der Waals surface area contributed by atoms with Gasteiger partial charge in [-0.05, 0) is 31.2 Å². The summed E-state index contributed by atoms with van der Waals surface area (Å²) in [5.41, 5.74) is 0.0820. The van der Waals surface area contributed by atoms with Crippen LogP contribution in [-0.4, -0.2) is 20.8 Å². The second kappa shape index (κ2) is 8.30. The van der Waals surface area contributed by atoms with Gasteiger partial charge in [0, 0.05) is 12.3 Å². The first kappa shape index (κ1) is 20.9. The summed E-state index contributed by atoms with van der Waals surface area (Å²) in [5.74, 6) is -0.251. The Bertz CT molecular complexity index is 1020. The average Bonchev–Trinajstić information content (AvgIpc) is 3.03. The highest BCUT2D eigenvalue weighted by Gasteiger charge is 2.32. The largest absolute Gasteiger partial charge is 0.434 e. The third-order valence-electron chi connectivity index (χ3n) is 3.74. The lowest BCUT2D eigenvalue weighted by Gasteiger charge is -2.11. The molecule has 0 spiro atoms. The van der Waals surface area contributed by atoms with Crippen LogP contribution in [0.5, 0.6) is 11.6 Å². The monoisotopic (exact) mass is 444 g/mol. The van der Waals surface area contributed by atoms with Crippen LogP contribution in [-0.2, 0) is 12.7 Å². The third kappa shape index (κ3) is 4.99. The Kier molecular flexibility index (Phi) is 5.99. The number of alkyl halides is 3. The molecule has 0 bridgehead atoms. The number of rotatable bonds is 4. The molecule has 0 unspecified atom stereocenters. The van der Waals surface area contributed by atoms with Crippen LogP contribution in [0.1, 0.15) is 17.0 Å². The van der Waals surface area contributed by atoms with Crippen LogP contribution in [0.2, 0.25) is 10.0 Å². The molecule has 1 aromatic carbocycles. The van der Waals surface area contributed by atoms with E-state index in [0.29, 0.717) is 23.5 Å². The second-order valence-electron chi connectivity index (χ2n) is 5.88. The van der Waals surface area contributed by atoms with E-state index in [1.807, 2.05) is 0 Å². The van der Waals surface area contributed by atoms with Gasteiger partial charge in [0.15, 0.2) is 5.75 Å². The first-order valence-corrected chi connectivity index (χ1v) is 8.89. The molecular weight excluding hydrogens is 432 g/mol. The Hall–Kier alpha value is -2.78. The van der Waals surface area contributed by atoms with E-state index >= 15 is 0 Å². The highest BCUT2D eigenvalue weighted by molar-refractivity contribution is 6.37. The Morgan fingerprint density at radius 1 is 1.21 bits per heavy atom. The molecular formula is C18H13Cl2F3N4O2. The maximum atomic E-state index is 12.8. The number of ether oxygens (including phenoxy) is 1. The van der Waals surface area contributed by atoms with Crippen molar-refractivity contribution in [1.29, 1.82) is 0 Å². The van der Waals surface area contributed by atoms with E-state index in [1.54, 1.807) is 31.3 Å². The minimum atomic E-state index is -4.60. The van der Waals surface area contributed by atoms with Crippen molar-refractivity contribution in [2.45, 2.75) is 19.6 Å². The number of carbonyl (C=O) groups excluding carboxylic acids is 1. The van der Waals surface area contributed by atoms with Crippen LogP contribution in [0, 0.1) is 6.92 Å². The van der Waals surface area contributed by atoms with Gasteiger partial charge in [0.05, 0.1) is 33.5 Å². The van der Waals surface area contributed by atoms with Crippen LogP contribution in [0.25, 0.3) is 0 Å². The lowest BCUT2D eigenvalue weighted by atomic mass is 10.2. The summed E-state index contributed by atoms with van der Waals surface area (Å²) in [7, 11) is 0. The van der Waals surface area contributed by atoms with Gasteiger partial charge >= 0.3 is 12.2 Å². The second-order valence-corrected chi connectivity index (χ2v) is 6.70. The lowest BCUT2D eigenvalue weighted by Crippen LogP contribution is -2.29. The van der Waals surface area contributed by atoms with Crippen molar-refractivity contribution in [2.24, 2.45) is 0 Å². The number of aryl methyl sites for hydroxylation is 1. The molecule has 0 saturated carbocycles. The van der Waals surface area contributed by atoms with Gasteiger partial charge in [0.1, 0.15) is 0 Å². The smallest absolute Gasteiger partial charge is 0.416 e. The van der Waals surface area contributed by atoms with Gasteiger partial charge < -0.3 is 10.1 Å². The Labute approximate surface area is 173 Å². The highest BCUT2D eigenvalue weighted by atomic mass is 35.5. The van der Waals surface area contributed by atoms with E-state index in [0.717, 1.165) is 4.68 Å². The van der Waals surface area contributed by atoms with Crippen molar-refractivity contribution in [2.75, 3.05) is 0 Å². The lowest BCUT2D eigenvalue weighted by molar-refractivity contribution is -0.137. The number of aromatic nitrogens is 3. The van der Waals surface area contributed by atoms with Crippen LogP contribution in [0.15, 0.2) is 42.6 Å². The molecule has 1 amide bonds. The standard InChI is InChI=1S/C18H13Cl2F3N4O2/c1-10-6-15(26-27(10)17(28)25-9-12-4-2-3-5-24-12)29-16-13(19)7-11(8-14(16)20)18(21,22)23/h2-8H,9H2,1H3,(H,25,28). The van der Waals surface area contributed by atoms with Crippen molar-refractivity contribution >= 4 is 29.2 Å². The van der Waals surface area contributed by atoms with Gasteiger partial charge in [0.25, 0.3) is 0 Å². The van der Waals surface area contributed by atoms with E-state index in [1.165, 1.54) is 6.07 Å². The fraction of sp³-hybridized carbons (Fsp3) is 0.167. The van der Waals surface area contributed by atoms with Gasteiger partial charge in [-0.1, -0.05) is 29.3 Å². The summed E-state index contributed by atoms with van der Waals surface area (Å²) in [6, 6.07) is 7.58. The van der Waals surface area contributed by atoms with Crippen LogP contribution >= 0.6 is 23.2 Å². The fourth-order valence-electron chi connectivity index (χ4n) is 2.37. The van der Waals surface area contributed by atoms with Crippen LogP contribution < -0.4 is 10.1 Å². The predicted octanol–water partition coefficient (Wildman–Crippen LogP) is 5.46. The van der Waals surface area contributed by atoms with Gasteiger partial charge in [-0.25, -0.2) is 4.79 Å². The molecule has 6 nitrogen and oxygen atoms in total. The predicted molar refractivity (Wildman–Crippen MR) is 100 cm³/mol. The number of hydrogen-bond acceptors (Lipinski definition) is 4. The number of halogens is 5. The molecule has 11 heteroatoms. The number of pyridine rings is 1. The topological polar surface area (TPSA) is 69.0 Å². The average molecular weight is 445 g/mol. The molecule has 0 radical (unpaired) electrons. The van der Waals surface area contributed by atoms with Crippen LogP contribution in [0.4, 0.5) is 18.0 Å². The summed E-state index contributed by atoms with van der Waals surface area (Å²) >= 11 is 11.8. The van der Waals surface area contributed by atoms with Crippen molar-refractivity contribution in [3.8, 4) is 11.6 Å². The molecule has 0 aliphatic heterocycles. The van der Waals surface area contributed by atoms with Gasteiger partial charge in [-0.15, -0.1) is 5.10 Å². The molecule has 29 heavy (non-hydrogen) atoms. The maximum Gasteiger partial charge on any atom is 0.416 e. The highest BCUT2D eigenvalue weighted by Crippen LogP contribution is 2.41. The SMILES string of the molecule is Cc1cc(Oc2c(Cl)cc(C(F)(F)F)cc2Cl)nn1C(=O)NCc1ccccn1. The van der Waals surface area contributed by atoms with E-state index < -0.39 is 17.8 Å². The molecule has 0 saturated heterocycles. The zero-order valence-corrected chi connectivity index (χ0v) is 16.3. The number of benzene rings is 1. The van der Waals surface area contributed by atoms with E-state index in [-0.39, 0.29) is 28.2 Å². The molecule has 3 rings (SSSR count). The van der Waals surface area contributed by atoms with Gasteiger partial charge in [-0.2, -0.15) is 17.9 Å². The quantitative estimate of drug-likeness (QED) is 0.579. The summed E-state index contributed by atoms with van der Waals surface area (Å²) in [6.45, 7) is 1.79. The van der Waals surface area contributed by atoms with Crippen molar-refractivity contribution in [3.05, 3.63) is 69.6 Å². The molecule has 0 fully saturated rings. The summed E-state index contributed by atoms with van der Waals surface area (Å²) in [5, 5.41) is 5.97. The Balaban J connectivity index is 1.76. The first-order valence-electron chi connectivity index (χ1n) is 8.14. The summed E-state index contributed by atoms with van der Waals surface area (Å²) in [6.07, 6.45) is -3.00. The number of carbonyl (C=O) groups is 1. The number of amides is 1. The Morgan fingerprint density at radius 3 is 2.48 bits per heavy atom. The summed E-state index contributed by atoms with van der Waals surface area (Å²) in [4.78, 5) is 16.4. The molecule has 2 heterocycles. The van der Waals surface area contributed by atoms with Crippen LogP contribution in [0.3, 0.4) is 0 Å². The molecule has 152 valence electrons. The molecule has 2 aromatic heterocycles. The minimum Gasteiger partial charge on any atom is -0.434 e. The fourth-order valence-corrected chi connectivity index (χ4v) is 2.94. The number of hydrogen-bond donors (Lipinski definition) is 1. The number of nitrogens with one attached hydrogen (secondary N) is 1. The molecule has 0 aliphatic rings. The summed E-state index contributed by atoms with van der Waals surface area (Å²) < 4.78 is 44.9. The molecule has 0 atom stereocenters. The molecule has 1 N–H and O–H groups in total. The zero-order valence-electron chi connectivity index (χ0n) is 14.8. The van der Waals surface area contributed by atoms with E-state index in [2.05, 4.69) is 15.4 Å². The first-order chi connectivity index (χ1) is 13.6. The van der Waals surface area contributed by atoms with Crippen molar-refractivity contribution in [1.82, 2.24) is 20.1 Å². The number of nitrogens with zero attached hydrogens (tertiary/aromatic N) is 3. The molecule has 0 aliphatic carbocycles. The van der Waals surface area contributed by atoms with Crippen molar-refractivity contribution in [3.63, 3.8) is 0 Å². The van der Waals surface area contributed by atoms with E-state index in [9.17, 15) is 18.0 Å². The zero-order chi connectivity index (χ0) is 21.2.